The molecule has 3 heterocycles. The van der Waals surface area contributed by atoms with E-state index >= 15 is 13.2 Å². The van der Waals surface area contributed by atoms with Crippen molar-refractivity contribution in [2.24, 2.45) is 0 Å². The average molecular weight is 671 g/mol. The van der Waals surface area contributed by atoms with Gasteiger partial charge in [0.1, 0.15) is 19.1 Å². The van der Waals surface area contributed by atoms with Gasteiger partial charge in [-0.25, -0.2) is 9.78 Å². The lowest BCUT2D eigenvalue weighted by atomic mass is 9.86. The highest BCUT2D eigenvalue weighted by atomic mass is 28.3. The van der Waals surface area contributed by atoms with Gasteiger partial charge in [0, 0.05) is 33.2 Å². The van der Waals surface area contributed by atoms with Crippen LogP contribution in [-0.2, 0) is 28.4 Å². The molecule has 0 spiro atoms. The number of imidazole rings is 1. The Morgan fingerprint density at radius 3 is 2.49 bits per heavy atom. The fourth-order valence-electron chi connectivity index (χ4n) is 5.49. The maximum absolute atomic E-state index is 16.3. The number of aromatic nitrogens is 5. The van der Waals surface area contributed by atoms with Gasteiger partial charge in [0.25, 0.3) is 5.60 Å². The van der Waals surface area contributed by atoms with E-state index in [0.29, 0.717) is 5.56 Å². The van der Waals surface area contributed by atoms with Gasteiger partial charge in [-0.05, 0) is 48.9 Å². The summed E-state index contributed by atoms with van der Waals surface area (Å²) in [6.45, 7) is 8.65. The van der Waals surface area contributed by atoms with E-state index in [-0.39, 0.29) is 58.4 Å². The first kappa shape index (κ1) is 33.6. The van der Waals surface area contributed by atoms with Crippen LogP contribution in [0.2, 0.25) is 25.7 Å². The summed E-state index contributed by atoms with van der Waals surface area (Å²) in [5.41, 5.74) is -3.10. The van der Waals surface area contributed by atoms with E-state index in [0.717, 1.165) is 16.8 Å². The summed E-state index contributed by atoms with van der Waals surface area (Å²) in [4.78, 5) is 16.6. The van der Waals surface area contributed by atoms with Crippen molar-refractivity contribution in [1.82, 2.24) is 24.3 Å². The van der Waals surface area contributed by atoms with E-state index < -0.39 is 43.9 Å². The third-order valence-electron chi connectivity index (χ3n) is 7.69. The van der Waals surface area contributed by atoms with Crippen LogP contribution in [0.15, 0.2) is 40.9 Å². The standard InChI is InChI=1S/C31H33F3N6O6Si/c1-18-13-24(43-3)26(21-9-10-39(27(18)21)29(41)42)30(31(32,33)34,45-16-25-38-37-19(2)46-25)28-36-22-14-20(15-35)7-8-23(22)40(28)17-44-11-12-47(4,5)6/h7-10,13-14H,11-12,16-17H2,1-6H3,(H,41,42). The number of benzene rings is 2. The lowest BCUT2D eigenvalue weighted by Gasteiger charge is -2.37. The molecule has 5 rings (SSSR count). The zero-order valence-electron chi connectivity index (χ0n) is 26.6. The first-order valence-corrected chi connectivity index (χ1v) is 18.2. The highest BCUT2D eigenvalue weighted by Crippen LogP contribution is 2.53. The molecule has 16 heteroatoms. The quantitative estimate of drug-likeness (QED) is 0.118. The van der Waals surface area contributed by atoms with E-state index in [1.54, 1.807) is 6.92 Å². The number of methoxy groups -OCH3 is 1. The van der Waals surface area contributed by atoms with Crippen LogP contribution >= 0.6 is 0 Å². The molecule has 0 bridgehead atoms. The number of fused-ring (bicyclic) bond motifs is 2. The van der Waals surface area contributed by atoms with Crippen molar-refractivity contribution in [2.45, 2.75) is 64.6 Å². The van der Waals surface area contributed by atoms with Crippen LogP contribution in [0.1, 0.15) is 34.3 Å². The molecule has 0 radical (unpaired) electrons. The van der Waals surface area contributed by atoms with E-state index in [9.17, 15) is 15.2 Å². The summed E-state index contributed by atoms with van der Waals surface area (Å²) in [6.07, 6.45) is -5.50. The summed E-state index contributed by atoms with van der Waals surface area (Å²) in [5.74, 6) is -0.983. The fraction of sp³-hybridized carbons (Fsp3) is 0.387. The van der Waals surface area contributed by atoms with Gasteiger partial charge in [0.2, 0.25) is 11.8 Å². The largest absolute Gasteiger partial charge is 0.496 e. The number of alkyl halides is 3. The Bertz CT molecular complexity index is 2000. The Balaban J connectivity index is 1.88. The van der Waals surface area contributed by atoms with Crippen LogP contribution < -0.4 is 4.74 Å². The molecule has 0 amide bonds. The molecule has 0 fully saturated rings. The lowest BCUT2D eigenvalue weighted by Crippen LogP contribution is -2.48. The second-order valence-electron chi connectivity index (χ2n) is 12.2. The van der Waals surface area contributed by atoms with Gasteiger partial charge in [-0.2, -0.15) is 18.4 Å². The number of carbonyl (C=O) groups is 1. The summed E-state index contributed by atoms with van der Waals surface area (Å²) in [5, 5.41) is 26.9. The van der Waals surface area contributed by atoms with Crippen LogP contribution in [0.4, 0.5) is 18.0 Å². The second kappa shape index (κ2) is 12.5. The SMILES string of the molecule is COc1cc(C)c2c(ccn2C(=O)O)c1C(OCc1nnc(C)o1)(c1nc2cc(C#N)ccc2n1COCC[Si](C)(C)C)C(F)(F)F. The summed E-state index contributed by atoms with van der Waals surface area (Å²) < 4.78 is 73.7. The monoisotopic (exact) mass is 670 g/mol. The first-order valence-electron chi connectivity index (χ1n) is 14.5. The molecule has 1 unspecified atom stereocenters. The highest BCUT2D eigenvalue weighted by molar-refractivity contribution is 6.76. The molecule has 5 aromatic rings. The highest BCUT2D eigenvalue weighted by Gasteiger charge is 2.64. The van der Waals surface area contributed by atoms with Gasteiger partial charge in [-0.3, -0.25) is 4.57 Å². The Morgan fingerprint density at radius 1 is 1.15 bits per heavy atom. The van der Waals surface area contributed by atoms with Crippen molar-refractivity contribution in [3.63, 3.8) is 0 Å². The van der Waals surface area contributed by atoms with Gasteiger partial charge < -0.3 is 28.3 Å². The van der Waals surface area contributed by atoms with Crippen LogP contribution in [0, 0.1) is 25.2 Å². The summed E-state index contributed by atoms with van der Waals surface area (Å²) in [7, 11) is -0.352. The molecule has 0 aliphatic rings. The molecule has 0 aliphatic heterocycles. The average Bonchev–Trinajstić information content (AvgIpc) is 3.72. The van der Waals surface area contributed by atoms with Gasteiger partial charge >= 0.3 is 12.3 Å². The van der Waals surface area contributed by atoms with E-state index in [1.807, 2.05) is 6.07 Å². The zero-order chi connectivity index (χ0) is 34.3. The topological polar surface area (TPSA) is 150 Å². The molecular weight excluding hydrogens is 637 g/mol. The van der Waals surface area contributed by atoms with Crippen molar-refractivity contribution in [3.8, 4) is 11.8 Å². The maximum Gasteiger partial charge on any atom is 0.429 e. The van der Waals surface area contributed by atoms with E-state index in [1.165, 1.54) is 48.9 Å². The number of ether oxygens (including phenoxy) is 3. The van der Waals surface area contributed by atoms with Gasteiger partial charge in [0.05, 0.1) is 40.9 Å². The van der Waals surface area contributed by atoms with Gasteiger partial charge in [0.15, 0.2) is 5.82 Å². The van der Waals surface area contributed by atoms with E-state index in [2.05, 4.69) is 34.8 Å². The molecule has 12 nitrogen and oxygen atoms in total. The Kier molecular flexibility index (Phi) is 8.92. The molecule has 248 valence electrons. The Hall–Kier alpha value is -4.72. The summed E-state index contributed by atoms with van der Waals surface area (Å²) in [6, 6.07) is 9.68. The molecule has 47 heavy (non-hydrogen) atoms. The van der Waals surface area contributed by atoms with Crippen molar-refractivity contribution < 1.29 is 41.7 Å². The molecule has 3 aromatic heterocycles. The summed E-state index contributed by atoms with van der Waals surface area (Å²) >= 11 is 0. The minimum absolute atomic E-state index is 0.0000246. The van der Waals surface area contributed by atoms with Crippen LogP contribution in [0.25, 0.3) is 21.9 Å². The zero-order valence-corrected chi connectivity index (χ0v) is 27.6. The number of rotatable bonds is 11. The van der Waals surface area contributed by atoms with Crippen molar-refractivity contribution >= 4 is 36.1 Å². The number of aryl methyl sites for hydroxylation is 2. The number of hydrogen-bond donors (Lipinski definition) is 1. The molecular formula is C31H33F3N6O6Si. The maximum atomic E-state index is 16.3. The fourth-order valence-corrected chi connectivity index (χ4v) is 6.24. The molecule has 2 aromatic carbocycles. The minimum atomic E-state index is -5.27. The van der Waals surface area contributed by atoms with Gasteiger partial charge in [-0.1, -0.05) is 19.6 Å². The lowest BCUT2D eigenvalue weighted by molar-refractivity contribution is -0.276. The molecule has 0 saturated heterocycles. The van der Waals surface area contributed by atoms with Crippen molar-refractivity contribution in [1.29, 1.82) is 5.26 Å². The van der Waals surface area contributed by atoms with Crippen LogP contribution in [0.3, 0.4) is 0 Å². The van der Waals surface area contributed by atoms with Crippen molar-refractivity contribution in [2.75, 3.05) is 13.7 Å². The Morgan fingerprint density at radius 2 is 1.89 bits per heavy atom. The molecule has 0 saturated carbocycles. The predicted octanol–water partition coefficient (Wildman–Crippen LogP) is 6.73. The van der Waals surface area contributed by atoms with E-state index in [4.69, 9.17) is 18.6 Å². The second-order valence-corrected chi connectivity index (χ2v) is 17.8. The third-order valence-corrected chi connectivity index (χ3v) is 9.39. The number of halogens is 3. The predicted molar refractivity (Wildman–Crippen MR) is 166 cm³/mol. The number of nitrogens with zero attached hydrogens (tertiary/aromatic N) is 6. The number of hydrogen-bond acceptors (Lipinski definition) is 9. The molecule has 0 aliphatic carbocycles. The third kappa shape index (κ3) is 6.21. The number of nitriles is 1. The molecule has 1 atom stereocenters. The van der Waals surface area contributed by atoms with Crippen molar-refractivity contribution in [3.05, 3.63) is 70.8 Å². The minimum Gasteiger partial charge on any atom is -0.496 e. The van der Waals surface area contributed by atoms with Gasteiger partial charge in [-0.15, -0.1) is 10.2 Å². The molecule has 1 N–H and O–H groups in total. The number of carboxylic acid groups (broad SMARTS) is 1. The smallest absolute Gasteiger partial charge is 0.429 e. The Labute approximate surface area is 268 Å². The van der Waals surface area contributed by atoms with Crippen LogP contribution in [0.5, 0.6) is 5.75 Å². The van der Waals surface area contributed by atoms with Crippen LogP contribution in [-0.4, -0.2) is 63.5 Å². The normalized spacial score (nSPS) is 13.6. The first-order chi connectivity index (χ1) is 22.1.